The highest BCUT2D eigenvalue weighted by Crippen LogP contribution is 2.35. The van der Waals surface area contributed by atoms with Gasteiger partial charge >= 0.3 is 0 Å². The zero-order valence-electron chi connectivity index (χ0n) is 8.90. The Labute approximate surface area is 82.3 Å². The van der Waals surface area contributed by atoms with Crippen LogP contribution in [0, 0.1) is 23.7 Å². The van der Waals surface area contributed by atoms with Crippen LogP contribution < -0.4 is 5.32 Å². The van der Waals surface area contributed by atoms with Gasteiger partial charge in [-0.15, -0.1) is 11.8 Å². The topological polar surface area (TPSA) is 12.0 Å². The highest BCUT2D eigenvalue weighted by atomic mass is 14.9. The summed E-state index contributed by atoms with van der Waals surface area (Å²) >= 11 is 0. The molecule has 1 nitrogen and oxygen atoms in total. The first-order valence-corrected chi connectivity index (χ1v) is 5.48. The van der Waals surface area contributed by atoms with Crippen LogP contribution in [0.4, 0.5) is 0 Å². The third-order valence-electron chi connectivity index (χ3n) is 2.95. The van der Waals surface area contributed by atoms with Crippen LogP contribution in [0.5, 0.6) is 0 Å². The van der Waals surface area contributed by atoms with Gasteiger partial charge in [0.2, 0.25) is 0 Å². The monoisotopic (exact) mass is 179 g/mol. The van der Waals surface area contributed by atoms with Crippen molar-refractivity contribution in [1.82, 2.24) is 5.32 Å². The van der Waals surface area contributed by atoms with E-state index in [1.165, 1.54) is 32.4 Å². The normalized spacial score (nSPS) is 26.0. The molecule has 0 aromatic rings. The van der Waals surface area contributed by atoms with Crippen molar-refractivity contribution in [2.24, 2.45) is 11.8 Å². The van der Waals surface area contributed by atoms with Gasteiger partial charge in [0.05, 0.1) is 0 Å². The van der Waals surface area contributed by atoms with Crippen molar-refractivity contribution >= 4 is 0 Å². The minimum absolute atomic E-state index is 0.886. The van der Waals surface area contributed by atoms with Gasteiger partial charge in [-0.05, 0) is 51.1 Å². The molecule has 0 spiro atoms. The molecule has 0 heterocycles. The smallest absolute Gasteiger partial charge is 0.0120 e. The molecule has 1 heteroatoms. The number of nitrogens with one attached hydrogen (secondary N) is 1. The van der Waals surface area contributed by atoms with Crippen molar-refractivity contribution in [3.05, 3.63) is 0 Å². The Bertz CT molecular complexity index is 187. The SMILES string of the molecule is CC#CCC1CCC1CNCCC. The molecule has 13 heavy (non-hydrogen) atoms. The molecule has 1 N–H and O–H groups in total. The van der Waals surface area contributed by atoms with E-state index in [9.17, 15) is 0 Å². The van der Waals surface area contributed by atoms with Gasteiger partial charge in [-0.1, -0.05) is 6.92 Å². The summed E-state index contributed by atoms with van der Waals surface area (Å²) in [6.07, 6.45) is 5.17. The largest absolute Gasteiger partial charge is 0.316 e. The molecule has 0 aromatic heterocycles. The molecule has 1 fully saturated rings. The van der Waals surface area contributed by atoms with Crippen molar-refractivity contribution in [2.45, 2.75) is 39.5 Å². The molecule has 2 unspecified atom stereocenters. The molecule has 0 radical (unpaired) electrons. The van der Waals surface area contributed by atoms with Crippen LogP contribution in [-0.4, -0.2) is 13.1 Å². The summed E-state index contributed by atoms with van der Waals surface area (Å²) in [5.41, 5.74) is 0. The van der Waals surface area contributed by atoms with E-state index in [-0.39, 0.29) is 0 Å². The average molecular weight is 179 g/mol. The predicted octanol–water partition coefficient (Wildman–Crippen LogP) is 2.43. The van der Waals surface area contributed by atoms with E-state index in [1.54, 1.807) is 0 Å². The van der Waals surface area contributed by atoms with Crippen molar-refractivity contribution in [2.75, 3.05) is 13.1 Å². The lowest BCUT2D eigenvalue weighted by Crippen LogP contribution is -2.35. The highest BCUT2D eigenvalue weighted by molar-refractivity contribution is 4.99. The first kappa shape index (κ1) is 10.6. The summed E-state index contributed by atoms with van der Waals surface area (Å²) in [4.78, 5) is 0. The standard InChI is InChI=1S/C12H21N/c1-3-5-6-11-7-8-12(11)10-13-9-4-2/h11-13H,4,6-10H2,1-2H3. The number of rotatable bonds is 5. The maximum atomic E-state index is 3.50. The second-order valence-corrected chi connectivity index (χ2v) is 3.93. The molecular formula is C12H21N. The quantitative estimate of drug-likeness (QED) is 0.505. The van der Waals surface area contributed by atoms with Crippen LogP contribution in [0.2, 0.25) is 0 Å². The van der Waals surface area contributed by atoms with Gasteiger partial charge in [-0.3, -0.25) is 0 Å². The highest BCUT2D eigenvalue weighted by Gasteiger charge is 2.29. The van der Waals surface area contributed by atoms with Gasteiger partial charge in [0.1, 0.15) is 0 Å². The Balaban J connectivity index is 2.08. The van der Waals surface area contributed by atoms with Crippen molar-refractivity contribution < 1.29 is 0 Å². The summed E-state index contributed by atoms with van der Waals surface area (Å²) in [5.74, 6) is 7.97. The molecule has 74 valence electrons. The van der Waals surface area contributed by atoms with E-state index in [2.05, 4.69) is 24.1 Å². The molecule has 1 rings (SSSR count). The van der Waals surface area contributed by atoms with Crippen LogP contribution in [0.25, 0.3) is 0 Å². The lowest BCUT2D eigenvalue weighted by molar-refractivity contribution is 0.176. The van der Waals surface area contributed by atoms with Gasteiger partial charge < -0.3 is 5.32 Å². The Morgan fingerprint density at radius 3 is 2.62 bits per heavy atom. The summed E-state index contributed by atoms with van der Waals surface area (Å²) in [5, 5.41) is 3.50. The third kappa shape index (κ3) is 3.40. The number of hydrogen-bond acceptors (Lipinski definition) is 1. The van der Waals surface area contributed by atoms with Gasteiger partial charge in [-0.2, -0.15) is 0 Å². The van der Waals surface area contributed by atoms with Crippen molar-refractivity contribution in [3.63, 3.8) is 0 Å². The van der Waals surface area contributed by atoms with E-state index >= 15 is 0 Å². The lowest BCUT2D eigenvalue weighted by Gasteiger charge is -2.35. The molecule has 1 aliphatic rings. The molecule has 0 aromatic carbocycles. The third-order valence-corrected chi connectivity index (χ3v) is 2.95. The van der Waals surface area contributed by atoms with Crippen LogP contribution in [0.3, 0.4) is 0 Å². The molecule has 0 saturated heterocycles. The van der Waals surface area contributed by atoms with Crippen LogP contribution in [0.1, 0.15) is 39.5 Å². The van der Waals surface area contributed by atoms with E-state index in [0.29, 0.717) is 0 Å². The van der Waals surface area contributed by atoms with Crippen molar-refractivity contribution in [1.29, 1.82) is 0 Å². The Morgan fingerprint density at radius 2 is 2.08 bits per heavy atom. The fraction of sp³-hybridized carbons (Fsp3) is 0.833. The van der Waals surface area contributed by atoms with E-state index in [1.807, 2.05) is 6.92 Å². The molecule has 0 amide bonds. The maximum Gasteiger partial charge on any atom is 0.0120 e. The van der Waals surface area contributed by atoms with Crippen molar-refractivity contribution in [3.8, 4) is 11.8 Å². The fourth-order valence-electron chi connectivity index (χ4n) is 1.87. The molecule has 0 aliphatic heterocycles. The van der Waals surface area contributed by atoms with Gasteiger partial charge in [0.15, 0.2) is 0 Å². The Morgan fingerprint density at radius 1 is 1.31 bits per heavy atom. The van der Waals surface area contributed by atoms with Crippen LogP contribution in [-0.2, 0) is 0 Å². The van der Waals surface area contributed by atoms with E-state index < -0.39 is 0 Å². The Kier molecular flexibility index (Phi) is 4.93. The molecular weight excluding hydrogens is 158 g/mol. The zero-order valence-corrected chi connectivity index (χ0v) is 8.90. The fourth-order valence-corrected chi connectivity index (χ4v) is 1.87. The molecule has 1 saturated carbocycles. The maximum absolute atomic E-state index is 3.50. The first-order chi connectivity index (χ1) is 6.38. The summed E-state index contributed by atoms with van der Waals surface area (Å²) in [7, 11) is 0. The second kappa shape index (κ2) is 6.05. The molecule has 2 atom stereocenters. The minimum Gasteiger partial charge on any atom is -0.316 e. The summed E-state index contributed by atoms with van der Waals surface area (Å²) < 4.78 is 0. The lowest BCUT2D eigenvalue weighted by atomic mass is 9.72. The molecule has 1 aliphatic carbocycles. The van der Waals surface area contributed by atoms with E-state index in [0.717, 1.165) is 18.3 Å². The first-order valence-electron chi connectivity index (χ1n) is 5.48. The van der Waals surface area contributed by atoms with Crippen LogP contribution >= 0.6 is 0 Å². The minimum atomic E-state index is 0.886. The molecule has 0 bridgehead atoms. The summed E-state index contributed by atoms with van der Waals surface area (Å²) in [6, 6.07) is 0. The van der Waals surface area contributed by atoms with Gasteiger partial charge in [-0.25, -0.2) is 0 Å². The average Bonchev–Trinajstić information content (AvgIpc) is 2.11. The summed E-state index contributed by atoms with van der Waals surface area (Å²) in [6.45, 7) is 6.53. The van der Waals surface area contributed by atoms with E-state index in [4.69, 9.17) is 0 Å². The second-order valence-electron chi connectivity index (χ2n) is 3.93. The zero-order chi connectivity index (χ0) is 9.52. The van der Waals surface area contributed by atoms with Gasteiger partial charge in [0, 0.05) is 6.42 Å². The predicted molar refractivity (Wildman–Crippen MR) is 57.4 cm³/mol. The van der Waals surface area contributed by atoms with Crippen LogP contribution in [0.15, 0.2) is 0 Å². The van der Waals surface area contributed by atoms with Gasteiger partial charge in [0.25, 0.3) is 0 Å². The Hall–Kier alpha value is -0.480. The number of hydrogen-bond donors (Lipinski definition) is 1.